The normalized spacial score (nSPS) is 18.8. The van der Waals surface area contributed by atoms with Crippen LogP contribution in [0.15, 0.2) is 48.5 Å². The summed E-state index contributed by atoms with van der Waals surface area (Å²) in [7, 11) is 0. The van der Waals surface area contributed by atoms with Gasteiger partial charge in [0.1, 0.15) is 0 Å². The number of nitrogens with one attached hydrogen (secondary N) is 3. The Morgan fingerprint density at radius 2 is 1.69 bits per heavy atom. The molecule has 1 fully saturated rings. The Bertz CT molecular complexity index is 935. The van der Waals surface area contributed by atoms with Crippen LogP contribution in [0.2, 0.25) is 5.02 Å². The zero-order valence-electron chi connectivity index (χ0n) is 17.3. The fraction of sp³-hybridized carbons (Fsp3) is 0.391. The average Bonchev–Trinajstić information content (AvgIpc) is 2.77. The van der Waals surface area contributed by atoms with E-state index >= 15 is 0 Å². The van der Waals surface area contributed by atoms with E-state index in [1.54, 1.807) is 0 Å². The van der Waals surface area contributed by atoms with Gasteiger partial charge in [0.05, 0.1) is 12.1 Å². The van der Waals surface area contributed by atoms with Gasteiger partial charge in [-0.25, -0.2) is 0 Å². The minimum Gasteiger partial charge on any atom is -0.350 e. The third-order valence-electron chi connectivity index (χ3n) is 5.46. The van der Waals surface area contributed by atoms with Crippen molar-refractivity contribution in [1.82, 2.24) is 16.0 Å². The topological polar surface area (TPSA) is 70.2 Å². The molecular weight excluding hydrogens is 443 g/mol. The molecule has 2 amide bonds. The Morgan fingerprint density at radius 1 is 1.00 bits per heavy atom. The lowest BCUT2D eigenvalue weighted by molar-refractivity contribution is -0.137. The number of halogens is 4. The summed E-state index contributed by atoms with van der Waals surface area (Å²) in [5, 5.41) is 9.48. The summed E-state index contributed by atoms with van der Waals surface area (Å²) < 4.78 is 38.5. The number of carbonyl (C=O) groups excluding carboxylic acids is 2. The Kier molecular flexibility index (Phi) is 8.15. The molecule has 0 aliphatic heterocycles. The molecule has 1 aliphatic rings. The molecule has 0 radical (unpaired) electrons. The van der Waals surface area contributed by atoms with Crippen LogP contribution in [0.5, 0.6) is 0 Å². The van der Waals surface area contributed by atoms with Crippen LogP contribution in [0.25, 0.3) is 0 Å². The second-order valence-electron chi connectivity index (χ2n) is 7.83. The molecule has 3 rings (SSSR count). The SMILES string of the molecule is O=C(CNC(=O)c1cccc(C(F)(F)F)c1)N[C@H]1CCCC[C@H]1NCc1ccc(Cl)cc1. The molecule has 2 aromatic carbocycles. The van der Waals surface area contributed by atoms with Gasteiger partial charge in [-0.2, -0.15) is 13.2 Å². The highest BCUT2D eigenvalue weighted by molar-refractivity contribution is 6.30. The zero-order valence-corrected chi connectivity index (χ0v) is 18.1. The van der Waals surface area contributed by atoms with E-state index in [1.807, 2.05) is 24.3 Å². The van der Waals surface area contributed by atoms with Crippen LogP contribution < -0.4 is 16.0 Å². The summed E-state index contributed by atoms with van der Waals surface area (Å²) in [6, 6.07) is 11.6. The molecule has 32 heavy (non-hydrogen) atoms. The highest BCUT2D eigenvalue weighted by Crippen LogP contribution is 2.29. The second-order valence-corrected chi connectivity index (χ2v) is 8.27. The first kappa shape index (κ1) is 24.1. The van der Waals surface area contributed by atoms with Gasteiger partial charge in [-0.3, -0.25) is 9.59 Å². The van der Waals surface area contributed by atoms with Crippen LogP contribution in [0, 0.1) is 0 Å². The summed E-state index contributed by atoms with van der Waals surface area (Å²) in [6.45, 7) is 0.329. The van der Waals surface area contributed by atoms with Gasteiger partial charge in [0, 0.05) is 29.2 Å². The van der Waals surface area contributed by atoms with Gasteiger partial charge in [-0.15, -0.1) is 0 Å². The van der Waals surface area contributed by atoms with E-state index in [9.17, 15) is 22.8 Å². The molecule has 5 nitrogen and oxygen atoms in total. The van der Waals surface area contributed by atoms with Gasteiger partial charge in [-0.05, 0) is 48.7 Å². The van der Waals surface area contributed by atoms with Crippen LogP contribution in [0.4, 0.5) is 13.2 Å². The molecule has 0 unspecified atom stereocenters. The highest BCUT2D eigenvalue weighted by atomic mass is 35.5. The Labute approximate surface area is 189 Å². The quantitative estimate of drug-likeness (QED) is 0.568. The van der Waals surface area contributed by atoms with Crippen LogP contribution in [0.3, 0.4) is 0 Å². The molecule has 1 saturated carbocycles. The molecule has 0 bridgehead atoms. The summed E-state index contributed by atoms with van der Waals surface area (Å²) in [6.07, 6.45) is -0.777. The van der Waals surface area contributed by atoms with Crippen LogP contribution in [-0.2, 0) is 17.5 Å². The summed E-state index contributed by atoms with van der Waals surface area (Å²) >= 11 is 5.91. The van der Waals surface area contributed by atoms with E-state index in [4.69, 9.17) is 11.6 Å². The zero-order chi connectivity index (χ0) is 23.1. The standard InChI is InChI=1S/C23H25ClF3N3O2/c24-18-10-8-15(9-11-18)13-28-19-6-1-2-7-20(19)30-21(31)14-29-22(32)16-4-3-5-17(12-16)23(25,26)27/h3-5,8-12,19-20,28H,1-2,6-7,13-14H2,(H,29,32)(H,30,31)/t19-,20+/m1/s1. The van der Waals surface area contributed by atoms with Gasteiger partial charge in [-0.1, -0.05) is 42.6 Å². The highest BCUT2D eigenvalue weighted by Gasteiger charge is 2.31. The van der Waals surface area contributed by atoms with Crippen LogP contribution in [-0.4, -0.2) is 30.4 Å². The summed E-state index contributed by atoms with van der Waals surface area (Å²) in [5.74, 6) is -1.11. The molecule has 0 heterocycles. The third-order valence-corrected chi connectivity index (χ3v) is 5.71. The van der Waals surface area contributed by atoms with Crippen molar-refractivity contribution < 1.29 is 22.8 Å². The molecule has 0 aromatic heterocycles. The molecule has 0 spiro atoms. The van der Waals surface area contributed by atoms with Crippen LogP contribution >= 0.6 is 11.6 Å². The van der Waals surface area contributed by atoms with E-state index in [0.29, 0.717) is 11.6 Å². The molecule has 0 saturated heterocycles. The molecule has 9 heteroatoms. The van der Waals surface area contributed by atoms with Crippen molar-refractivity contribution >= 4 is 23.4 Å². The van der Waals surface area contributed by atoms with Gasteiger partial charge in [0.25, 0.3) is 5.91 Å². The minimum atomic E-state index is -4.54. The monoisotopic (exact) mass is 467 g/mol. The number of rotatable bonds is 7. The number of carbonyl (C=O) groups is 2. The maximum absolute atomic E-state index is 12.8. The average molecular weight is 468 g/mol. The van der Waals surface area contributed by atoms with Crippen molar-refractivity contribution in [3.05, 3.63) is 70.2 Å². The van der Waals surface area contributed by atoms with Crippen molar-refractivity contribution in [3.63, 3.8) is 0 Å². The van der Waals surface area contributed by atoms with E-state index in [2.05, 4.69) is 16.0 Å². The Morgan fingerprint density at radius 3 is 2.38 bits per heavy atom. The van der Waals surface area contributed by atoms with Gasteiger partial charge < -0.3 is 16.0 Å². The first-order valence-electron chi connectivity index (χ1n) is 10.4. The first-order valence-corrected chi connectivity index (χ1v) is 10.8. The number of hydrogen-bond acceptors (Lipinski definition) is 3. The third kappa shape index (κ3) is 6.97. The smallest absolute Gasteiger partial charge is 0.350 e. The molecule has 172 valence electrons. The first-order chi connectivity index (χ1) is 15.2. The van der Waals surface area contributed by atoms with Gasteiger partial charge >= 0.3 is 6.18 Å². The predicted octanol–water partition coefficient (Wildman–Crippen LogP) is 4.31. The molecule has 2 aromatic rings. The van der Waals surface area contributed by atoms with E-state index < -0.39 is 17.6 Å². The molecule has 2 atom stereocenters. The van der Waals surface area contributed by atoms with E-state index in [0.717, 1.165) is 49.4 Å². The number of amides is 2. The van der Waals surface area contributed by atoms with Crippen molar-refractivity contribution in [2.24, 2.45) is 0 Å². The van der Waals surface area contributed by atoms with Crippen LogP contribution in [0.1, 0.15) is 47.2 Å². The van der Waals surface area contributed by atoms with Crippen molar-refractivity contribution in [2.75, 3.05) is 6.54 Å². The lowest BCUT2D eigenvalue weighted by atomic mass is 9.90. The largest absolute Gasteiger partial charge is 0.416 e. The van der Waals surface area contributed by atoms with Crippen molar-refractivity contribution in [3.8, 4) is 0 Å². The van der Waals surface area contributed by atoms with Gasteiger partial charge in [0.2, 0.25) is 5.91 Å². The van der Waals surface area contributed by atoms with Crippen molar-refractivity contribution in [1.29, 1.82) is 0 Å². The number of hydrogen-bond donors (Lipinski definition) is 3. The number of alkyl halides is 3. The Hall–Kier alpha value is -2.58. The van der Waals surface area contributed by atoms with Crippen molar-refractivity contribution in [2.45, 2.75) is 50.5 Å². The maximum Gasteiger partial charge on any atom is 0.416 e. The molecule has 3 N–H and O–H groups in total. The maximum atomic E-state index is 12.8. The second kappa shape index (κ2) is 10.8. The summed E-state index contributed by atoms with van der Waals surface area (Å²) in [5.41, 5.74) is 0.0256. The lowest BCUT2D eigenvalue weighted by Crippen LogP contribution is -2.53. The van der Waals surface area contributed by atoms with E-state index in [-0.39, 0.29) is 30.1 Å². The fourth-order valence-corrected chi connectivity index (χ4v) is 3.88. The fourth-order valence-electron chi connectivity index (χ4n) is 3.76. The summed E-state index contributed by atoms with van der Waals surface area (Å²) in [4.78, 5) is 24.6. The molecule has 1 aliphatic carbocycles. The Balaban J connectivity index is 1.50. The number of benzene rings is 2. The molecular formula is C23H25ClF3N3O2. The predicted molar refractivity (Wildman–Crippen MR) is 116 cm³/mol. The van der Waals surface area contributed by atoms with Gasteiger partial charge in [0.15, 0.2) is 0 Å². The van der Waals surface area contributed by atoms with E-state index in [1.165, 1.54) is 6.07 Å². The lowest BCUT2D eigenvalue weighted by Gasteiger charge is -2.33. The minimum absolute atomic E-state index is 0.0857.